The van der Waals surface area contributed by atoms with Gasteiger partial charge >= 0.3 is 0 Å². The number of carbonyl (C=O) groups excluding carboxylic acids is 2. The van der Waals surface area contributed by atoms with Crippen LogP contribution in [0.4, 0.5) is 0 Å². The predicted octanol–water partition coefficient (Wildman–Crippen LogP) is -0.569. The van der Waals surface area contributed by atoms with E-state index in [4.69, 9.17) is 10.5 Å². The number of hydrogen-bond donors (Lipinski definition) is 1. The second kappa shape index (κ2) is 7.33. The average molecular weight is 257 g/mol. The lowest BCUT2D eigenvalue weighted by Crippen LogP contribution is -2.45. The molecule has 1 fully saturated rings. The van der Waals surface area contributed by atoms with E-state index in [2.05, 4.69) is 0 Å². The molecule has 1 rings (SSSR count). The lowest BCUT2D eigenvalue weighted by Gasteiger charge is -2.25. The van der Waals surface area contributed by atoms with Crippen LogP contribution in [0.2, 0.25) is 0 Å². The van der Waals surface area contributed by atoms with Gasteiger partial charge in [0.15, 0.2) is 0 Å². The van der Waals surface area contributed by atoms with E-state index in [0.29, 0.717) is 26.1 Å². The van der Waals surface area contributed by atoms with E-state index in [9.17, 15) is 9.59 Å². The lowest BCUT2D eigenvalue weighted by atomic mass is 10.3. The van der Waals surface area contributed by atoms with Gasteiger partial charge in [0.05, 0.1) is 0 Å². The molecule has 6 heteroatoms. The maximum Gasteiger partial charge on any atom is 0.253 e. The van der Waals surface area contributed by atoms with Gasteiger partial charge in [0.1, 0.15) is 6.10 Å². The molecule has 6 nitrogen and oxygen atoms in total. The molecule has 1 aliphatic rings. The third-order valence-electron chi connectivity index (χ3n) is 3.24. The van der Waals surface area contributed by atoms with Crippen molar-refractivity contribution >= 4 is 11.8 Å². The van der Waals surface area contributed by atoms with Gasteiger partial charge in [-0.1, -0.05) is 6.92 Å². The first kappa shape index (κ1) is 14.9. The Kier molecular flexibility index (Phi) is 6.07. The summed E-state index contributed by atoms with van der Waals surface area (Å²) in [6.45, 7) is 4.57. The van der Waals surface area contributed by atoms with Gasteiger partial charge in [0.25, 0.3) is 5.91 Å². The SMILES string of the molecule is CCC(=O)N1CCCN(C(=O)C(CN)OC)CC1. The van der Waals surface area contributed by atoms with Crippen LogP contribution in [0.25, 0.3) is 0 Å². The minimum atomic E-state index is -0.571. The van der Waals surface area contributed by atoms with Gasteiger partial charge in [-0.15, -0.1) is 0 Å². The molecule has 0 aromatic rings. The minimum Gasteiger partial charge on any atom is -0.370 e. The first-order valence-corrected chi connectivity index (χ1v) is 6.43. The van der Waals surface area contributed by atoms with Crippen molar-refractivity contribution in [3.05, 3.63) is 0 Å². The van der Waals surface area contributed by atoms with Crippen LogP contribution in [0.5, 0.6) is 0 Å². The zero-order valence-electron chi connectivity index (χ0n) is 11.2. The zero-order chi connectivity index (χ0) is 13.5. The van der Waals surface area contributed by atoms with Crippen molar-refractivity contribution in [2.24, 2.45) is 5.73 Å². The van der Waals surface area contributed by atoms with Crippen molar-refractivity contribution in [1.29, 1.82) is 0 Å². The molecule has 0 aromatic carbocycles. The first-order chi connectivity index (χ1) is 8.63. The molecule has 1 unspecified atom stereocenters. The molecule has 0 aliphatic carbocycles. The number of methoxy groups -OCH3 is 1. The average Bonchev–Trinajstić information content (AvgIpc) is 2.64. The standard InChI is InChI=1S/C12H23N3O3/c1-3-11(16)14-5-4-6-15(8-7-14)12(17)10(9-13)18-2/h10H,3-9,13H2,1-2H3. The van der Waals surface area contributed by atoms with Gasteiger partial charge in [0, 0.05) is 46.3 Å². The normalized spacial score (nSPS) is 18.4. The highest BCUT2D eigenvalue weighted by Crippen LogP contribution is 2.07. The number of hydrogen-bond acceptors (Lipinski definition) is 4. The van der Waals surface area contributed by atoms with Crippen LogP contribution >= 0.6 is 0 Å². The van der Waals surface area contributed by atoms with Gasteiger partial charge in [0.2, 0.25) is 5.91 Å². The Morgan fingerprint density at radius 1 is 1.22 bits per heavy atom. The molecule has 0 aromatic heterocycles. The molecule has 0 bridgehead atoms. The molecule has 0 spiro atoms. The summed E-state index contributed by atoms with van der Waals surface area (Å²) in [7, 11) is 1.49. The van der Waals surface area contributed by atoms with Gasteiger partial charge in [-0.25, -0.2) is 0 Å². The zero-order valence-corrected chi connectivity index (χ0v) is 11.2. The topological polar surface area (TPSA) is 75.9 Å². The molecule has 1 aliphatic heterocycles. The van der Waals surface area contributed by atoms with Gasteiger partial charge < -0.3 is 20.3 Å². The largest absolute Gasteiger partial charge is 0.370 e. The number of rotatable bonds is 4. The Morgan fingerprint density at radius 2 is 1.83 bits per heavy atom. The van der Waals surface area contributed by atoms with Crippen LogP contribution in [-0.4, -0.2) is 67.6 Å². The third kappa shape index (κ3) is 3.68. The smallest absolute Gasteiger partial charge is 0.253 e. The highest BCUT2D eigenvalue weighted by Gasteiger charge is 2.25. The quantitative estimate of drug-likeness (QED) is 0.732. The van der Waals surface area contributed by atoms with Crippen molar-refractivity contribution in [3.63, 3.8) is 0 Å². The third-order valence-corrected chi connectivity index (χ3v) is 3.24. The predicted molar refractivity (Wildman–Crippen MR) is 67.9 cm³/mol. The van der Waals surface area contributed by atoms with Crippen molar-refractivity contribution < 1.29 is 14.3 Å². The summed E-state index contributed by atoms with van der Waals surface area (Å²) in [5, 5.41) is 0. The van der Waals surface area contributed by atoms with Gasteiger partial charge in [-0.3, -0.25) is 9.59 Å². The van der Waals surface area contributed by atoms with Crippen molar-refractivity contribution in [2.75, 3.05) is 39.8 Å². The number of carbonyl (C=O) groups is 2. The molecule has 18 heavy (non-hydrogen) atoms. The fourth-order valence-corrected chi connectivity index (χ4v) is 2.11. The summed E-state index contributed by atoms with van der Waals surface area (Å²) < 4.78 is 5.05. The van der Waals surface area contributed by atoms with Crippen LogP contribution in [-0.2, 0) is 14.3 Å². The van der Waals surface area contributed by atoms with Gasteiger partial charge in [-0.2, -0.15) is 0 Å². The summed E-state index contributed by atoms with van der Waals surface area (Å²) in [6, 6.07) is 0. The lowest BCUT2D eigenvalue weighted by molar-refractivity contribution is -0.141. The van der Waals surface area contributed by atoms with Crippen LogP contribution in [0, 0.1) is 0 Å². The van der Waals surface area contributed by atoms with E-state index in [1.165, 1.54) is 7.11 Å². The van der Waals surface area contributed by atoms with E-state index < -0.39 is 6.10 Å². The van der Waals surface area contributed by atoms with Crippen LogP contribution in [0.1, 0.15) is 19.8 Å². The van der Waals surface area contributed by atoms with Crippen LogP contribution in [0.15, 0.2) is 0 Å². The number of nitrogens with zero attached hydrogens (tertiary/aromatic N) is 2. The highest BCUT2D eigenvalue weighted by atomic mass is 16.5. The maximum atomic E-state index is 12.1. The molecule has 2 N–H and O–H groups in total. The van der Waals surface area contributed by atoms with Crippen molar-refractivity contribution in [3.8, 4) is 0 Å². The maximum absolute atomic E-state index is 12.1. The summed E-state index contributed by atoms with van der Waals surface area (Å²) in [5.74, 6) is 0.0669. The minimum absolute atomic E-state index is 0.0780. The molecular formula is C12H23N3O3. The Morgan fingerprint density at radius 3 is 2.39 bits per heavy atom. The van der Waals surface area contributed by atoms with E-state index in [0.717, 1.165) is 13.0 Å². The number of amides is 2. The molecule has 2 amide bonds. The molecule has 104 valence electrons. The second-order valence-corrected chi connectivity index (χ2v) is 4.37. The Bertz CT molecular complexity index is 292. The number of ether oxygens (including phenoxy) is 1. The van der Waals surface area contributed by atoms with Crippen molar-refractivity contribution in [2.45, 2.75) is 25.9 Å². The second-order valence-electron chi connectivity index (χ2n) is 4.37. The molecular weight excluding hydrogens is 234 g/mol. The molecule has 1 saturated heterocycles. The Hall–Kier alpha value is -1.14. The highest BCUT2D eigenvalue weighted by molar-refractivity contribution is 5.81. The monoisotopic (exact) mass is 257 g/mol. The molecule has 1 atom stereocenters. The summed E-state index contributed by atoms with van der Waals surface area (Å²) in [4.78, 5) is 27.3. The van der Waals surface area contributed by atoms with Gasteiger partial charge in [-0.05, 0) is 6.42 Å². The van der Waals surface area contributed by atoms with Crippen LogP contribution < -0.4 is 5.73 Å². The van der Waals surface area contributed by atoms with E-state index in [1.54, 1.807) is 4.90 Å². The van der Waals surface area contributed by atoms with Crippen LogP contribution in [0.3, 0.4) is 0 Å². The van der Waals surface area contributed by atoms with E-state index in [-0.39, 0.29) is 18.4 Å². The molecule has 0 radical (unpaired) electrons. The fraction of sp³-hybridized carbons (Fsp3) is 0.833. The Labute approximate surface area is 108 Å². The summed E-state index contributed by atoms with van der Waals surface area (Å²) >= 11 is 0. The number of nitrogens with two attached hydrogens (primary N) is 1. The van der Waals surface area contributed by atoms with E-state index >= 15 is 0 Å². The van der Waals surface area contributed by atoms with Crippen molar-refractivity contribution in [1.82, 2.24) is 9.80 Å². The summed E-state index contributed by atoms with van der Waals surface area (Å²) in [5.41, 5.74) is 5.49. The molecule has 1 heterocycles. The Balaban J connectivity index is 2.56. The first-order valence-electron chi connectivity index (χ1n) is 6.43. The summed E-state index contributed by atoms with van der Waals surface area (Å²) in [6.07, 6.45) is 0.745. The van der Waals surface area contributed by atoms with E-state index in [1.807, 2.05) is 11.8 Å². The molecule has 0 saturated carbocycles. The fourth-order valence-electron chi connectivity index (χ4n) is 2.11.